The zero-order valence-corrected chi connectivity index (χ0v) is 9.08. The predicted octanol–water partition coefficient (Wildman–Crippen LogP) is 2.35. The SMILES string of the molecule is Nc1ccc2c(c1)C(N1CCC1)CCC2. The van der Waals surface area contributed by atoms with Crippen LogP contribution in [0.15, 0.2) is 18.2 Å². The van der Waals surface area contributed by atoms with Crippen LogP contribution >= 0.6 is 0 Å². The number of aryl methyl sites for hydroxylation is 1. The summed E-state index contributed by atoms with van der Waals surface area (Å²) in [6.07, 6.45) is 5.25. The van der Waals surface area contributed by atoms with E-state index in [2.05, 4.69) is 17.0 Å². The molecule has 2 N–H and O–H groups in total. The monoisotopic (exact) mass is 202 g/mol. The molecule has 1 aliphatic heterocycles. The molecule has 2 heteroatoms. The van der Waals surface area contributed by atoms with Crippen LogP contribution in [0.3, 0.4) is 0 Å². The quantitative estimate of drug-likeness (QED) is 0.708. The summed E-state index contributed by atoms with van der Waals surface area (Å²) in [4.78, 5) is 2.59. The van der Waals surface area contributed by atoms with Gasteiger partial charge in [-0.1, -0.05) is 6.07 Å². The van der Waals surface area contributed by atoms with E-state index in [9.17, 15) is 0 Å². The zero-order valence-electron chi connectivity index (χ0n) is 9.08. The van der Waals surface area contributed by atoms with Crippen molar-refractivity contribution in [2.45, 2.75) is 31.7 Å². The first-order valence-electron chi connectivity index (χ1n) is 5.97. The van der Waals surface area contributed by atoms with Gasteiger partial charge in [-0.05, 0) is 62.0 Å². The Kier molecular flexibility index (Phi) is 2.17. The number of fused-ring (bicyclic) bond motifs is 1. The number of hydrogen-bond donors (Lipinski definition) is 1. The van der Waals surface area contributed by atoms with Gasteiger partial charge >= 0.3 is 0 Å². The fraction of sp³-hybridized carbons (Fsp3) is 0.538. The number of benzene rings is 1. The van der Waals surface area contributed by atoms with Gasteiger partial charge in [0.25, 0.3) is 0 Å². The highest BCUT2D eigenvalue weighted by molar-refractivity contribution is 5.47. The molecule has 0 bridgehead atoms. The van der Waals surface area contributed by atoms with Crippen molar-refractivity contribution >= 4 is 5.69 Å². The molecular formula is C13H18N2. The topological polar surface area (TPSA) is 29.3 Å². The summed E-state index contributed by atoms with van der Waals surface area (Å²) < 4.78 is 0. The maximum absolute atomic E-state index is 5.89. The van der Waals surface area contributed by atoms with Crippen LogP contribution in [0.4, 0.5) is 5.69 Å². The Morgan fingerprint density at radius 2 is 2.07 bits per heavy atom. The second-order valence-corrected chi connectivity index (χ2v) is 4.76. The highest BCUT2D eigenvalue weighted by atomic mass is 15.2. The lowest BCUT2D eigenvalue weighted by molar-refractivity contribution is 0.105. The fourth-order valence-corrected chi connectivity index (χ4v) is 2.82. The molecule has 1 aromatic carbocycles. The summed E-state index contributed by atoms with van der Waals surface area (Å²) >= 11 is 0. The van der Waals surface area contributed by atoms with E-state index in [4.69, 9.17) is 5.73 Å². The van der Waals surface area contributed by atoms with Crippen LogP contribution in [0.25, 0.3) is 0 Å². The lowest BCUT2D eigenvalue weighted by Gasteiger charge is -2.41. The molecule has 0 aromatic heterocycles. The van der Waals surface area contributed by atoms with Crippen molar-refractivity contribution < 1.29 is 0 Å². The van der Waals surface area contributed by atoms with Gasteiger partial charge in [0.1, 0.15) is 0 Å². The Balaban J connectivity index is 1.96. The van der Waals surface area contributed by atoms with E-state index in [0.717, 1.165) is 5.69 Å². The first-order valence-corrected chi connectivity index (χ1v) is 5.97. The molecule has 1 aliphatic carbocycles. The van der Waals surface area contributed by atoms with Gasteiger partial charge in [-0.2, -0.15) is 0 Å². The van der Waals surface area contributed by atoms with Crippen LogP contribution in [0.1, 0.15) is 36.4 Å². The minimum atomic E-state index is 0.658. The third-order valence-corrected chi connectivity index (χ3v) is 3.78. The number of hydrogen-bond acceptors (Lipinski definition) is 2. The van der Waals surface area contributed by atoms with Gasteiger partial charge in [0, 0.05) is 11.7 Å². The van der Waals surface area contributed by atoms with E-state index in [-0.39, 0.29) is 0 Å². The van der Waals surface area contributed by atoms with Gasteiger partial charge < -0.3 is 5.73 Å². The standard InChI is InChI=1S/C13H18N2/c14-11-6-5-10-3-1-4-13(12(10)9-11)15-7-2-8-15/h5-6,9,13H,1-4,7-8,14H2. The summed E-state index contributed by atoms with van der Waals surface area (Å²) in [6.45, 7) is 2.55. The Bertz CT molecular complexity index is 369. The largest absolute Gasteiger partial charge is 0.399 e. The molecule has 80 valence electrons. The first kappa shape index (κ1) is 9.22. The summed E-state index contributed by atoms with van der Waals surface area (Å²) in [5, 5.41) is 0. The molecule has 3 rings (SSSR count). The van der Waals surface area contributed by atoms with Crippen molar-refractivity contribution in [3.63, 3.8) is 0 Å². The van der Waals surface area contributed by atoms with Gasteiger partial charge in [0.2, 0.25) is 0 Å². The predicted molar refractivity (Wildman–Crippen MR) is 62.7 cm³/mol. The van der Waals surface area contributed by atoms with Gasteiger partial charge in [0.05, 0.1) is 0 Å². The number of nitrogens with zero attached hydrogens (tertiary/aromatic N) is 1. The second-order valence-electron chi connectivity index (χ2n) is 4.76. The van der Waals surface area contributed by atoms with Gasteiger partial charge in [-0.25, -0.2) is 0 Å². The zero-order chi connectivity index (χ0) is 10.3. The molecule has 1 fully saturated rings. The average Bonchev–Trinajstić information content (AvgIpc) is 2.16. The highest BCUT2D eigenvalue weighted by Gasteiger charge is 2.29. The summed E-state index contributed by atoms with van der Waals surface area (Å²) in [6, 6.07) is 7.11. The average molecular weight is 202 g/mol. The van der Waals surface area contributed by atoms with Crippen LogP contribution in [-0.4, -0.2) is 18.0 Å². The number of nitrogens with two attached hydrogens (primary N) is 1. The summed E-state index contributed by atoms with van der Waals surface area (Å²) in [5.74, 6) is 0. The van der Waals surface area contributed by atoms with E-state index in [0.29, 0.717) is 6.04 Å². The van der Waals surface area contributed by atoms with Crippen molar-refractivity contribution in [3.05, 3.63) is 29.3 Å². The first-order chi connectivity index (χ1) is 7.34. The van der Waals surface area contributed by atoms with Crippen molar-refractivity contribution in [2.24, 2.45) is 0 Å². The Morgan fingerprint density at radius 1 is 1.20 bits per heavy atom. The summed E-state index contributed by atoms with van der Waals surface area (Å²) in [5.41, 5.74) is 9.82. The molecular weight excluding hydrogens is 184 g/mol. The second kappa shape index (κ2) is 3.53. The molecule has 0 amide bonds. The minimum absolute atomic E-state index is 0.658. The minimum Gasteiger partial charge on any atom is -0.399 e. The fourth-order valence-electron chi connectivity index (χ4n) is 2.82. The van der Waals surface area contributed by atoms with Gasteiger partial charge in [-0.3, -0.25) is 4.90 Å². The van der Waals surface area contributed by atoms with Crippen molar-refractivity contribution in [1.29, 1.82) is 0 Å². The molecule has 0 spiro atoms. The Labute approximate surface area is 91.1 Å². The third-order valence-electron chi connectivity index (χ3n) is 3.78. The molecule has 0 saturated carbocycles. The van der Waals surface area contributed by atoms with Crippen molar-refractivity contribution in [2.75, 3.05) is 18.8 Å². The van der Waals surface area contributed by atoms with Gasteiger partial charge in [-0.15, -0.1) is 0 Å². The van der Waals surface area contributed by atoms with Crippen LogP contribution in [0.5, 0.6) is 0 Å². The van der Waals surface area contributed by atoms with E-state index in [1.807, 2.05) is 6.07 Å². The van der Waals surface area contributed by atoms with E-state index < -0.39 is 0 Å². The van der Waals surface area contributed by atoms with Crippen molar-refractivity contribution in [3.8, 4) is 0 Å². The lowest BCUT2D eigenvalue weighted by Crippen LogP contribution is -2.41. The summed E-state index contributed by atoms with van der Waals surface area (Å²) in [7, 11) is 0. The Hall–Kier alpha value is -1.02. The molecule has 15 heavy (non-hydrogen) atoms. The molecule has 1 atom stereocenters. The molecule has 0 radical (unpaired) electrons. The van der Waals surface area contributed by atoms with E-state index >= 15 is 0 Å². The lowest BCUT2D eigenvalue weighted by atomic mass is 9.85. The van der Waals surface area contributed by atoms with E-state index in [1.165, 1.54) is 49.9 Å². The highest BCUT2D eigenvalue weighted by Crippen LogP contribution is 2.37. The van der Waals surface area contributed by atoms with Crippen LogP contribution in [0.2, 0.25) is 0 Å². The van der Waals surface area contributed by atoms with Crippen molar-refractivity contribution in [1.82, 2.24) is 4.90 Å². The maximum Gasteiger partial charge on any atom is 0.0351 e. The molecule has 1 unspecified atom stereocenters. The van der Waals surface area contributed by atoms with Gasteiger partial charge in [0.15, 0.2) is 0 Å². The van der Waals surface area contributed by atoms with Crippen LogP contribution < -0.4 is 5.73 Å². The normalized spacial score (nSPS) is 25.7. The van der Waals surface area contributed by atoms with Crippen LogP contribution in [-0.2, 0) is 6.42 Å². The van der Waals surface area contributed by atoms with E-state index in [1.54, 1.807) is 0 Å². The molecule has 2 aliphatic rings. The number of rotatable bonds is 1. The number of nitrogen functional groups attached to an aromatic ring is 1. The maximum atomic E-state index is 5.89. The molecule has 1 saturated heterocycles. The number of anilines is 1. The smallest absolute Gasteiger partial charge is 0.0351 e. The third kappa shape index (κ3) is 1.53. The number of likely N-dealkylation sites (tertiary alicyclic amines) is 1. The van der Waals surface area contributed by atoms with Crippen LogP contribution in [0, 0.1) is 0 Å². The molecule has 1 aromatic rings. The Morgan fingerprint density at radius 3 is 2.80 bits per heavy atom. The molecule has 2 nitrogen and oxygen atoms in total. The molecule has 1 heterocycles.